The summed E-state index contributed by atoms with van der Waals surface area (Å²) in [4.78, 5) is 17.5. The molecule has 0 aliphatic heterocycles. The first-order valence-corrected chi connectivity index (χ1v) is 9.79. The van der Waals surface area contributed by atoms with Crippen molar-refractivity contribution >= 4 is 34.1 Å². The number of carbonyl (C=O) groups is 1. The molecular formula is C19H17FN2O2S2. The van der Waals surface area contributed by atoms with Crippen LogP contribution in [-0.4, -0.2) is 23.8 Å². The van der Waals surface area contributed by atoms with E-state index < -0.39 is 5.82 Å². The molecule has 0 saturated carbocycles. The number of nitrogens with one attached hydrogen (secondary N) is 1. The van der Waals surface area contributed by atoms with E-state index >= 15 is 0 Å². The van der Waals surface area contributed by atoms with E-state index in [0.717, 1.165) is 4.90 Å². The van der Waals surface area contributed by atoms with E-state index in [-0.39, 0.29) is 11.7 Å². The minimum atomic E-state index is -0.443. The molecule has 1 N–H and O–H groups in total. The second-order valence-corrected chi connectivity index (χ2v) is 7.37. The van der Waals surface area contributed by atoms with Crippen LogP contribution in [0.2, 0.25) is 0 Å². The normalized spacial score (nSPS) is 10.5. The molecule has 0 fully saturated rings. The van der Waals surface area contributed by atoms with Crippen LogP contribution in [0.4, 0.5) is 9.52 Å². The van der Waals surface area contributed by atoms with Crippen molar-refractivity contribution in [2.45, 2.75) is 11.3 Å². The molecule has 134 valence electrons. The van der Waals surface area contributed by atoms with Crippen molar-refractivity contribution in [2.75, 3.05) is 18.2 Å². The van der Waals surface area contributed by atoms with Crippen LogP contribution >= 0.6 is 23.1 Å². The molecule has 0 saturated heterocycles. The summed E-state index contributed by atoms with van der Waals surface area (Å²) in [5.74, 6) is 0.350. The predicted octanol–water partition coefficient (Wildman–Crippen LogP) is 5.08. The summed E-state index contributed by atoms with van der Waals surface area (Å²) in [5, 5.41) is 5.08. The molecule has 3 rings (SSSR count). The molecule has 1 heterocycles. The van der Waals surface area contributed by atoms with E-state index in [9.17, 15) is 9.18 Å². The van der Waals surface area contributed by atoms with Crippen molar-refractivity contribution < 1.29 is 13.9 Å². The van der Waals surface area contributed by atoms with E-state index in [4.69, 9.17) is 4.74 Å². The van der Waals surface area contributed by atoms with E-state index in [1.807, 2.05) is 30.3 Å². The zero-order valence-corrected chi connectivity index (χ0v) is 15.7. The highest BCUT2D eigenvalue weighted by molar-refractivity contribution is 7.99. The Labute approximate surface area is 159 Å². The fraction of sp³-hybridized carbons (Fsp3) is 0.158. The first-order chi connectivity index (χ1) is 12.7. The number of hydrogen-bond acceptors (Lipinski definition) is 5. The highest BCUT2D eigenvalue weighted by Gasteiger charge is 2.10. The molecule has 0 aliphatic rings. The molecule has 1 amide bonds. The molecule has 26 heavy (non-hydrogen) atoms. The molecule has 7 heteroatoms. The van der Waals surface area contributed by atoms with Gasteiger partial charge in [0.25, 0.3) is 0 Å². The summed E-state index contributed by atoms with van der Waals surface area (Å²) < 4.78 is 18.7. The summed E-state index contributed by atoms with van der Waals surface area (Å²) in [7, 11) is 1.42. The smallest absolute Gasteiger partial charge is 0.226 e. The van der Waals surface area contributed by atoms with Gasteiger partial charge in [0.2, 0.25) is 5.91 Å². The molecule has 1 aromatic heterocycles. The molecule has 0 aliphatic carbocycles. The number of methoxy groups -OCH3 is 1. The second-order valence-electron chi connectivity index (χ2n) is 5.35. The molecule has 0 spiro atoms. The van der Waals surface area contributed by atoms with E-state index in [0.29, 0.717) is 28.6 Å². The number of carbonyl (C=O) groups excluding carboxylic acids is 1. The number of rotatable bonds is 7. The minimum Gasteiger partial charge on any atom is -0.494 e. The second kappa shape index (κ2) is 8.82. The van der Waals surface area contributed by atoms with Gasteiger partial charge in [-0.15, -0.1) is 23.1 Å². The predicted molar refractivity (Wildman–Crippen MR) is 104 cm³/mol. The van der Waals surface area contributed by atoms with Gasteiger partial charge in [-0.25, -0.2) is 9.37 Å². The zero-order valence-electron chi connectivity index (χ0n) is 14.1. The number of ether oxygens (including phenoxy) is 1. The zero-order chi connectivity index (χ0) is 18.4. The van der Waals surface area contributed by atoms with Crippen LogP contribution in [0.1, 0.15) is 6.42 Å². The van der Waals surface area contributed by atoms with Gasteiger partial charge in [-0.1, -0.05) is 18.2 Å². The van der Waals surface area contributed by atoms with Gasteiger partial charge in [0.05, 0.1) is 12.8 Å². The molecule has 0 unspecified atom stereocenters. The number of thioether (sulfide) groups is 1. The SMILES string of the molecule is COc1ccc(-c2csc(NC(=O)CCSc3ccccc3)n2)cc1F. The Morgan fingerprint density at radius 3 is 2.81 bits per heavy atom. The van der Waals surface area contributed by atoms with Crippen molar-refractivity contribution in [1.82, 2.24) is 4.98 Å². The number of benzene rings is 2. The van der Waals surface area contributed by atoms with Crippen LogP contribution < -0.4 is 10.1 Å². The molecule has 4 nitrogen and oxygen atoms in total. The summed E-state index contributed by atoms with van der Waals surface area (Å²) in [5.41, 5.74) is 1.25. The molecule has 2 aromatic carbocycles. The van der Waals surface area contributed by atoms with Crippen molar-refractivity contribution in [1.29, 1.82) is 0 Å². The lowest BCUT2D eigenvalue weighted by molar-refractivity contribution is -0.115. The fourth-order valence-electron chi connectivity index (χ4n) is 2.25. The fourth-order valence-corrected chi connectivity index (χ4v) is 3.86. The van der Waals surface area contributed by atoms with Crippen molar-refractivity contribution in [3.05, 3.63) is 59.7 Å². The van der Waals surface area contributed by atoms with E-state index in [1.54, 1.807) is 29.3 Å². The third-order valence-corrected chi connectivity index (χ3v) is 5.31. The molecule has 0 radical (unpaired) electrons. The standard InChI is InChI=1S/C19H17FN2O2S2/c1-24-17-8-7-13(11-15(17)20)16-12-26-19(21-16)22-18(23)9-10-25-14-5-3-2-4-6-14/h2-8,11-12H,9-10H2,1H3,(H,21,22,23). The Bertz CT molecular complexity index is 884. The molecule has 0 atom stereocenters. The number of aromatic nitrogens is 1. The summed E-state index contributed by atoms with van der Waals surface area (Å²) in [6, 6.07) is 14.6. The van der Waals surface area contributed by atoms with Gasteiger partial charge in [0.1, 0.15) is 0 Å². The van der Waals surface area contributed by atoms with Gasteiger partial charge >= 0.3 is 0 Å². The van der Waals surface area contributed by atoms with Crippen LogP contribution in [-0.2, 0) is 4.79 Å². The summed E-state index contributed by atoms with van der Waals surface area (Å²) in [6.45, 7) is 0. The van der Waals surface area contributed by atoms with Crippen molar-refractivity contribution in [3.8, 4) is 17.0 Å². The Morgan fingerprint density at radius 2 is 2.08 bits per heavy atom. The topological polar surface area (TPSA) is 51.2 Å². The lowest BCUT2D eigenvalue weighted by Gasteiger charge is -2.03. The number of hydrogen-bond donors (Lipinski definition) is 1. The van der Waals surface area contributed by atoms with Crippen LogP contribution in [0.3, 0.4) is 0 Å². The summed E-state index contributed by atoms with van der Waals surface area (Å²) in [6.07, 6.45) is 0.394. The van der Waals surface area contributed by atoms with Crippen LogP contribution in [0, 0.1) is 5.82 Å². The maximum absolute atomic E-state index is 13.8. The van der Waals surface area contributed by atoms with Gasteiger partial charge in [-0.2, -0.15) is 0 Å². The Kier molecular flexibility index (Phi) is 6.25. The highest BCUT2D eigenvalue weighted by Crippen LogP contribution is 2.28. The van der Waals surface area contributed by atoms with Gasteiger partial charge in [0, 0.05) is 28.0 Å². The average Bonchev–Trinajstić information content (AvgIpc) is 3.11. The van der Waals surface area contributed by atoms with E-state index in [1.165, 1.54) is 24.5 Å². The molecular weight excluding hydrogens is 371 g/mol. The first kappa shape index (κ1) is 18.4. The van der Waals surface area contributed by atoms with Gasteiger partial charge in [-0.3, -0.25) is 4.79 Å². The number of anilines is 1. The maximum Gasteiger partial charge on any atom is 0.226 e. The highest BCUT2D eigenvalue weighted by atomic mass is 32.2. The number of halogens is 1. The lowest BCUT2D eigenvalue weighted by Crippen LogP contribution is -2.11. The van der Waals surface area contributed by atoms with Crippen LogP contribution in [0.25, 0.3) is 11.3 Å². The number of thiazole rings is 1. The average molecular weight is 388 g/mol. The van der Waals surface area contributed by atoms with Gasteiger partial charge < -0.3 is 10.1 Å². The third-order valence-electron chi connectivity index (χ3n) is 3.54. The van der Waals surface area contributed by atoms with Crippen molar-refractivity contribution in [2.24, 2.45) is 0 Å². The first-order valence-electron chi connectivity index (χ1n) is 7.93. The maximum atomic E-state index is 13.8. The number of nitrogens with zero attached hydrogens (tertiary/aromatic N) is 1. The van der Waals surface area contributed by atoms with Crippen LogP contribution in [0.5, 0.6) is 5.75 Å². The largest absolute Gasteiger partial charge is 0.494 e. The lowest BCUT2D eigenvalue weighted by atomic mass is 10.1. The third kappa shape index (κ3) is 4.83. The quantitative estimate of drug-likeness (QED) is 0.574. The summed E-state index contributed by atoms with van der Waals surface area (Å²) >= 11 is 2.95. The minimum absolute atomic E-state index is 0.0877. The molecule has 0 bridgehead atoms. The molecule has 3 aromatic rings. The van der Waals surface area contributed by atoms with Crippen molar-refractivity contribution in [3.63, 3.8) is 0 Å². The van der Waals surface area contributed by atoms with Crippen LogP contribution in [0.15, 0.2) is 58.8 Å². The Balaban J connectivity index is 1.54. The van der Waals surface area contributed by atoms with Gasteiger partial charge in [0.15, 0.2) is 16.7 Å². The van der Waals surface area contributed by atoms with Gasteiger partial charge in [-0.05, 0) is 30.3 Å². The van der Waals surface area contributed by atoms with E-state index in [2.05, 4.69) is 10.3 Å². The Hall–Kier alpha value is -2.38. The monoisotopic (exact) mass is 388 g/mol. The Morgan fingerprint density at radius 1 is 1.27 bits per heavy atom. The number of amides is 1.